The standard InChI is InChI=1S/C10H15FN2OS/c1-8(3-12)6-15(14)7-9-2-10(11)5-13-4-9/h2,4-5,8H,3,6-7,12H2,1H3. The van der Waals surface area contributed by atoms with Gasteiger partial charge in [-0.1, -0.05) is 6.92 Å². The fraction of sp³-hybridized carbons (Fsp3) is 0.500. The Morgan fingerprint density at radius 3 is 2.93 bits per heavy atom. The molecule has 1 aromatic rings. The molecule has 0 aliphatic carbocycles. The third-order valence-corrected chi connectivity index (χ3v) is 3.56. The molecular weight excluding hydrogens is 215 g/mol. The molecule has 2 atom stereocenters. The summed E-state index contributed by atoms with van der Waals surface area (Å²) in [6.45, 7) is 2.47. The lowest BCUT2D eigenvalue weighted by Gasteiger charge is -2.07. The summed E-state index contributed by atoms with van der Waals surface area (Å²) in [5, 5.41) is 0. The summed E-state index contributed by atoms with van der Waals surface area (Å²) in [4.78, 5) is 3.70. The third kappa shape index (κ3) is 4.48. The van der Waals surface area contributed by atoms with Crippen molar-refractivity contribution in [2.75, 3.05) is 12.3 Å². The molecule has 1 heterocycles. The monoisotopic (exact) mass is 230 g/mol. The summed E-state index contributed by atoms with van der Waals surface area (Å²) in [6, 6.07) is 1.36. The van der Waals surface area contributed by atoms with Crippen LogP contribution in [0.2, 0.25) is 0 Å². The molecule has 1 rings (SSSR count). The van der Waals surface area contributed by atoms with Crippen LogP contribution in [0.5, 0.6) is 0 Å². The van der Waals surface area contributed by atoms with Gasteiger partial charge in [0.1, 0.15) is 5.82 Å². The van der Waals surface area contributed by atoms with E-state index in [1.54, 1.807) is 0 Å². The largest absolute Gasteiger partial charge is 0.330 e. The zero-order valence-electron chi connectivity index (χ0n) is 8.65. The molecule has 0 aliphatic rings. The summed E-state index contributed by atoms with van der Waals surface area (Å²) in [5.41, 5.74) is 6.10. The number of rotatable bonds is 5. The highest BCUT2D eigenvalue weighted by Gasteiger charge is 2.07. The van der Waals surface area contributed by atoms with Crippen molar-refractivity contribution in [2.24, 2.45) is 11.7 Å². The molecule has 0 spiro atoms. The van der Waals surface area contributed by atoms with Crippen LogP contribution in [-0.4, -0.2) is 21.5 Å². The van der Waals surface area contributed by atoms with Crippen molar-refractivity contribution < 1.29 is 8.60 Å². The van der Waals surface area contributed by atoms with E-state index in [0.717, 1.165) is 6.20 Å². The number of aromatic nitrogens is 1. The highest BCUT2D eigenvalue weighted by molar-refractivity contribution is 7.84. The molecule has 0 aromatic carbocycles. The zero-order chi connectivity index (χ0) is 11.3. The fourth-order valence-electron chi connectivity index (χ4n) is 1.16. The quantitative estimate of drug-likeness (QED) is 0.823. The second-order valence-corrected chi connectivity index (χ2v) is 5.10. The number of hydrogen-bond donors (Lipinski definition) is 1. The van der Waals surface area contributed by atoms with Gasteiger partial charge >= 0.3 is 0 Å². The second kappa shape index (κ2) is 5.92. The summed E-state index contributed by atoms with van der Waals surface area (Å²) >= 11 is 0. The van der Waals surface area contributed by atoms with E-state index in [1.807, 2.05) is 6.92 Å². The summed E-state index contributed by atoms with van der Waals surface area (Å²) < 4.78 is 24.4. The maximum atomic E-state index is 12.8. The number of hydrogen-bond acceptors (Lipinski definition) is 3. The lowest BCUT2D eigenvalue weighted by molar-refractivity contribution is 0.619. The van der Waals surface area contributed by atoms with Crippen molar-refractivity contribution >= 4 is 10.8 Å². The van der Waals surface area contributed by atoms with Crippen molar-refractivity contribution in [3.05, 3.63) is 29.8 Å². The molecule has 0 amide bonds. The predicted molar refractivity (Wildman–Crippen MR) is 59.1 cm³/mol. The van der Waals surface area contributed by atoms with E-state index in [-0.39, 0.29) is 5.92 Å². The summed E-state index contributed by atoms with van der Waals surface area (Å²) in [6.07, 6.45) is 2.67. The fourth-order valence-corrected chi connectivity index (χ4v) is 2.58. The van der Waals surface area contributed by atoms with E-state index >= 15 is 0 Å². The SMILES string of the molecule is CC(CN)CS(=O)Cc1cncc(F)c1. The summed E-state index contributed by atoms with van der Waals surface area (Å²) in [7, 11) is -0.996. The Morgan fingerprint density at radius 2 is 2.33 bits per heavy atom. The van der Waals surface area contributed by atoms with E-state index in [1.165, 1.54) is 12.3 Å². The van der Waals surface area contributed by atoms with Crippen molar-refractivity contribution in [1.29, 1.82) is 0 Å². The van der Waals surface area contributed by atoms with Crippen LogP contribution >= 0.6 is 0 Å². The van der Waals surface area contributed by atoms with E-state index in [4.69, 9.17) is 5.73 Å². The number of pyridine rings is 1. The molecule has 0 fully saturated rings. The minimum atomic E-state index is -0.996. The van der Waals surface area contributed by atoms with Crippen molar-refractivity contribution in [1.82, 2.24) is 4.98 Å². The Hall–Kier alpha value is -0.810. The number of nitrogens with zero attached hydrogens (tertiary/aromatic N) is 1. The average molecular weight is 230 g/mol. The normalized spacial score (nSPS) is 14.9. The van der Waals surface area contributed by atoms with E-state index in [2.05, 4.69) is 4.98 Å². The van der Waals surface area contributed by atoms with Gasteiger partial charge in [0.15, 0.2) is 0 Å². The van der Waals surface area contributed by atoms with Crippen LogP contribution in [0.25, 0.3) is 0 Å². The maximum Gasteiger partial charge on any atom is 0.141 e. The Labute approximate surface area is 91.4 Å². The molecule has 0 aliphatic heterocycles. The maximum absolute atomic E-state index is 12.8. The Balaban J connectivity index is 2.51. The molecule has 0 saturated carbocycles. The van der Waals surface area contributed by atoms with Crippen LogP contribution in [0, 0.1) is 11.7 Å². The van der Waals surface area contributed by atoms with E-state index in [0.29, 0.717) is 23.6 Å². The Morgan fingerprint density at radius 1 is 1.60 bits per heavy atom. The van der Waals surface area contributed by atoms with Crippen molar-refractivity contribution in [2.45, 2.75) is 12.7 Å². The molecule has 0 bridgehead atoms. The molecule has 0 saturated heterocycles. The molecule has 2 unspecified atom stereocenters. The van der Waals surface area contributed by atoms with Gasteiger partial charge in [0.05, 0.1) is 11.9 Å². The van der Waals surface area contributed by atoms with Crippen LogP contribution in [0.3, 0.4) is 0 Å². The number of nitrogens with two attached hydrogens (primary N) is 1. The zero-order valence-corrected chi connectivity index (χ0v) is 9.47. The molecule has 84 valence electrons. The van der Waals surface area contributed by atoms with E-state index < -0.39 is 16.6 Å². The van der Waals surface area contributed by atoms with Crippen LogP contribution in [-0.2, 0) is 16.6 Å². The Kier molecular flexibility index (Phi) is 4.84. The van der Waals surface area contributed by atoms with Crippen LogP contribution in [0.15, 0.2) is 18.5 Å². The topological polar surface area (TPSA) is 56.0 Å². The first-order valence-electron chi connectivity index (χ1n) is 4.76. The van der Waals surface area contributed by atoms with Crippen LogP contribution < -0.4 is 5.73 Å². The first-order chi connectivity index (χ1) is 7.11. The lowest BCUT2D eigenvalue weighted by Crippen LogP contribution is -2.18. The van der Waals surface area contributed by atoms with Gasteiger partial charge in [-0.05, 0) is 24.1 Å². The predicted octanol–water partition coefficient (Wildman–Crippen LogP) is 1.06. The molecule has 3 nitrogen and oxygen atoms in total. The highest BCUT2D eigenvalue weighted by Crippen LogP contribution is 2.06. The lowest BCUT2D eigenvalue weighted by atomic mass is 10.2. The van der Waals surface area contributed by atoms with Gasteiger partial charge in [-0.3, -0.25) is 9.19 Å². The van der Waals surface area contributed by atoms with Gasteiger partial charge in [0, 0.05) is 22.7 Å². The first-order valence-corrected chi connectivity index (χ1v) is 6.25. The van der Waals surface area contributed by atoms with Gasteiger partial charge in [-0.25, -0.2) is 4.39 Å². The van der Waals surface area contributed by atoms with E-state index in [9.17, 15) is 8.60 Å². The molecule has 15 heavy (non-hydrogen) atoms. The van der Waals surface area contributed by atoms with Gasteiger partial charge < -0.3 is 5.73 Å². The second-order valence-electron chi connectivity index (χ2n) is 3.60. The van der Waals surface area contributed by atoms with Gasteiger partial charge in [-0.2, -0.15) is 0 Å². The highest BCUT2D eigenvalue weighted by atomic mass is 32.2. The average Bonchev–Trinajstić information content (AvgIpc) is 2.17. The third-order valence-electron chi connectivity index (χ3n) is 1.96. The minimum Gasteiger partial charge on any atom is -0.330 e. The minimum absolute atomic E-state index is 0.229. The van der Waals surface area contributed by atoms with Gasteiger partial charge in [-0.15, -0.1) is 0 Å². The first kappa shape index (κ1) is 12.3. The molecule has 1 aromatic heterocycles. The van der Waals surface area contributed by atoms with Crippen LogP contribution in [0.4, 0.5) is 4.39 Å². The van der Waals surface area contributed by atoms with Crippen LogP contribution in [0.1, 0.15) is 12.5 Å². The molecule has 0 radical (unpaired) electrons. The molecular formula is C10H15FN2OS. The summed E-state index contributed by atoms with van der Waals surface area (Å²) in [5.74, 6) is 0.728. The van der Waals surface area contributed by atoms with Gasteiger partial charge in [0.2, 0.25) is 0 Å². The molecule has 2 N–H and O–H groups in total. The van der Waals surface area contributed by atoms with Gasteiger partial charge in [0.25, 0.3) is 0 Å². The Bertz CT molecular complexity index is 346. The van der Waals surface area contributed by atoms with Crippen molar-refractivity contribution in [3.63, 3.8) is 0 Å². The number of halogens is 1. The van der Waals surface area contributed by atoms with Crippen molar-refractivity contribution in [3.8, 4) is 0 Å². The smallest absolute Gasteiger partial charge is 0.141 e. The molecule has 5 heteroatoms.